The molecule has 9 heteroatoms. The van der Waals surface area contributed by atoms with E-state index in [-0.39, 0.29) is 17.6 Å². The molecule has 0 saturated carbocycles. The van der Waals surface area contributed by atoms with Crippen LogP contribution in [0, 0.1) is 0 Å². The maximum Gasteiger partial charge on any atom is 0.266 e. The first-order valence-corrected chi connectivity index (χ1v) is 13.6. The fourth-order valence-electron chi connectivity index (χ4n) is 4.52. The topological polar surface area (TPSA) is 85.4 Å². The van der Waals surface area contributed by atoms with E-state index >= 15 is 0 Å². The van der Waals surface area contributed by atoms with Crippen molar-refractivity contribution in [2.45, 2.75) is 19.4 Å². The normalized spacial score (nSPS) is 13.7. The number of carbonyl (C=O) groups is 3. The number of amides is 2. The van der Waals surface area contributed by atoms with Gasteiger partial charge in [-0.2, -0.15) is 0 Å². The third-order valence-electron chi connectivity index (χ3n) is 6.82. The molecule has 0 aromatic heterocycles. The number of nitrogens with zero attached hydrogens (tertiary/aromatic N) is 2. The summed E-state index contributed by atoms with van der Waals surface area (Å²) in [5, 5.41) is 0.563. The SMILES string of the molecule is COc1ccc(/C=C/C(=O)N2CCN(C(=O)C(C)(C)Oc3ccc(C(=O)c4ccc(Cl)cc4)cc3)CC2)cc1OC. The van der Waals surface area contributed by atoms with E-state index in [2.05, 4.69) is 0 Å². The van der Waals surface area contributed by atoms with Crippen molar-refractivity contribution in [3.05, 3.63) is 94.5 Å². The summed E-state index contributed by atoms with van der Waals surface area (Å²) < 4.78 is 16.6. The van der Waals surface area contributed by atoms with Gasteiger partial charge < -0.3 is 24.0 Å². The Bertz CT molecular complexity index is 1430. The third kappa shape index (κ3) is 7.27. The molecule has 1 aliphatic heterocycles. The van der Waals surface area contributed by atoms with Gasteiger partial charge in [-0.25, -0.2) is 0 Å². The molecule has 0 N–H and O–H groups in total. The number of halogens is 1. The van der Waals surface area contributed by atoms with E-state index in [1.165, 1.54) is 6.08 Å². The van der Waals surface area contributed by atoms with Gasteiger partial charge in [0, 0.05) is 48.4 Å². The highest BCUT2D eigenvalue weighted by Crippen LogP contribution is 2.28. The van der Waals surface area contributed by atoms with Crippen molar-refractivity contribution in [1.29, 1.82) is 0 Å². The Balaban J connectivity index is 1.30. The van der Waals surface area contributed by atoms with Gasteiger partial charge in [0.25, 0.3) is 5.91 Å². The van der Waals surface area contributed by atoms with Gasteiger partial charge in [-0.1, -0.05) is 17.7 Å². The molecule has 0 aliphatic carbocycles. The second-order valence-corrected chi connectivity index (χ2v) is 10.5. The molecular formula is C32H33ClN2O6. The molecule has 41 heavy (non-hydrogen) atoms. The fourth-order valence-corrected chi connectivity index (χ4v) is 4.65. The van der Waals surface area contributed by atoms with Crippen molar-refractivity contribution in [2.75, 3.05) is 40.4 Å². The van der Waals surface area contributed by atoms with Crippen LogP contribution < -0.4 is 14.2 Å². The van der Waals surface area contributed by atoms with Gasteiger partial charge >= 0.3 is 0 Å². The van der Waals surface area contributed by atoms with Crippen molar-refractivity contribution >= 4 is 35.3 Å². The van der Waals surface area contributed by atoms with Crippen LogP contribution in [0.3, 0.4) is 0 Å². The minimum Gasteiger partial charge on any atom is -0.493 e. The quantitative estimate of drug-likeness (QED) is 0.259. The van der Waals surface area contributed by atoms with Crippen molar-refractivity contribution in [3.63, 3.8) is 0 Å². The van der Waals surface area contributed by atoms with E-state index in [1.54, 1.807) is 105 Å². The molecule has 1 heterocycles. The Kier molecular flexibility index (Phi) is 9.35. The zero-order valence-electron chi connectivity index (χ0n) is 23.6. The average Bonchev–Trinajstić information content (AvgIpc) is 2.99. The molecule has 0 unspecified atom stereocenters. The van der Waals surface area contributed by atoms with E-state index in [0.717, 1.165) is 5.56 Å². The van der Waals surface area contributed by atoms with E-state index in [1.807, 2.05) is 6.07 Å². The van der Waals surface area contributed by atoms with Crippen LogP contribution >= 0.6 is 11.6 Å². The summed E-state index contributed by atoms with van der Waals surface area (Å²) in [5.74, 6) is 1.24. The first-order chi connectivity index (χ1) is 19.6. The Hall–Kier alpha value is -4.30. The van der Waals surface area contributed by atoms with Crippen molar-refractivity contribution < 1.29 is 28.6 Å². The van der Waals surface area contributed by atoms with Crippen LogP contribution in [0.1, 0.15) is 35.3 Å². The summed E-state index contributed by atoms with van der Waals surface area (Å²) in [5.41, 5.74) is 0.713. The number of methoxy groups -OCH3 is 2. The van der Waals surface area contributed by atoms with Crippen LogP contribution in [-0.4, -0.2) is 73.4 Å². The third-order valence-corrected chi connectivity index (χ3v) is 7.07. The average molecular weight is 577 g/mol. The Morgan fingerprint density at radius 1 is 0.780 bits per heavy atom. The molecule has 214 valence electrons. The van der Waals surface area contributed by atoms with Gasteiger partial charge in [-0.3, -0.25) is 14.4 Å². The van der Waals surface area contributed by atoms with Gasteiger partial charge in [0.2, 0.25) is 5.91 Å². The minimum absolute atomic E-state index is 0.129. The maximum atomic E-state index is 13.3. The van der Waals surface area contributed by atoms with Crippen molar-refractivity contribution in [1.82, 2.24) is 9.80 Å². The lowest BCUT2D eigenvalue weighted by Gasteiger charge is -2.38. The molecule has 0 bridgehead atoms. The zero-order chi connectivity index (χ0) is 29.6. The monoisotopic (exact) mass is 576 g/mol. The molecule has 4 rings (SSSR count). The molecule has 0 atom stereocenters. The molecule has 1 fully saturated rings. The molecule has 3 aromatic rings. The largest absolute Gasteiger partial charge is 0.493 e. The van der Waals surface area contributed by atoms with Crippen LogP contribution in [-0.2, 0) is 9.59 Å². The number of piperazine rings is 1. The van der Waals surface area contributed by atoms with E-state index in [9.17, 15) is 14.4 Å². The fraction of sp³-hybridized carbons (Fsp3) is 0.281. The lowest BCUT2D eigenvalue weighted by molar-refractivity contribution is -0.149. The molecule has 8 nitrogen and oxygen atoms in total. The Morgan fingerprint density at radius 2 is 1.34 bits per heavy atom. The standard InChI is InChI=1S/C32H33ClN2O6/c1-32(2,41-26-13-9-24(10-14-26)30(37)23-7-11-25(33)12-8-23)31(38)35-19-17-34(18-20-35)29(36)16-6-22-5-15-27(39-3)28(21-22)40-4/h5-16,21H,17-20H2,1-4H3/b16-6+. The van der Waals surface area contributed by atoms with Crippen LogP contribution in [0.4, 0.5) is 0 Å². The van der Waals surface area contributed by atoms with Crippen LogP contribution in [0.2, 0.25) is 5.02 Å². The highest BCUT2D eigenvalue weighted by atomic mass is 35.5. The summed E-state index contributed by atoms with van der Waals surface area (Å²) in [6.07, 6.45) is 3.25. The highest BCUT2D eigenvalue weighted by Gasteiger charge is 2.36. The van der Waals surface area contributed by atoms with Crippen LogP contribution in [0.5, 0.6) is 17.2 Å². The predicted octanol–water partition coefficient (Wildman–Crippen LogP) is 5.13. The number of benzene rings is 3. The van der Waals surface area contributed by atoms with Crippen molar-refractivity contribution in [3.8, 4) is 17.2 Å². The van der Waals surface area contributed by atoms with E-state index in [0.29, 0.717) is 59.6 Å². The molecule has 1 aliphatic rings. The molecule has 3 aromatic carbocycles. The number of rotatable bonds is 9. The van der Waals surface area contributed by atoms with Crippen molar-refractivity contribution in [2.24, 2.45) is 0 Å². The lowest BCUT2D eigenvalue weighted by atomic mass is 10.0. The second kappa shape index (κ2) is 12.9. The number of carbonyl (C=O) groups excluding carboxylic acids is 3. The van der Waals surface area contributed by atoms with Gasteiger partial charge in [-0.05, 0) is 86.2 Å². The lowest BCUT2D eigenvalue weighted by Crippen LogP contribution is -2.56. The molecule has 0 spiro atoms. The van der Waals surface area contributed by atoms with Gasteiger partial charge in [-0.15, -0.1) is 0 Å². The van der Waals surface area contributed by atoms with E-state index in [4.69, 9.17) is 25.8 Å². The first kappa shape index (κ1) is 29.7. The Labute approximate surface area is 245 Å². The highest BCUT2D eigenvalue weighted by molar-refractivity contribution is 6.30. The maximum absolute atomic E-state index is 13.3. The van der Waals surface area contributed by atoms with Gasteiger partial charge in [0.15, 0.2) is 22.9 Å². The Morgan fingerprint density at radius 3 is 1.93 bits per heavy atom. The van der Waals surface area contributed by atoms with E-state index < -0.39 is 5.60 Å². The van der Waals surface area contributed by atoms with Crippen LogP contribution in [0.25, 0.3) is 6.08 Å². The minimum atomic E-state index is -1.14. The number of ketones is 1. The number of hydrogen-bond acceptors (Lipinski definition) is 6. The summed E-state index contributed by atoms with van der Waals surface area (Å²) >= 11 is 5.91. The summed E-state index contributed by atoms with van der Waals surface area (Å²) in [7, 11) is 3.13. The summed E-state index contributed by atoms with van der Waals surface area (Å²) in [6.45, 7) is 5.06. The molecule has 2 amide bonds. The zero-order valence-corrected chi connectivity index (χ0v) is 24.3. The molecule has 0 radical (unpaired) electrons. The number of hydrogen-bond donors (Lipinski definition) is 0. The van der Waals surface area contributed by atoms with Gasteiger partial charge in [0.1, 0.15) is 5.75 Å². The predicted molar refractivity (Wildman–Crippen MR) is 158 cm³/mol. The summed E-state index contributed by atoms with van der Waals surface area (Å²) in [4.78, 5) is 42.2. The number of ether oxygens (including phenoxy) is 3. The smallest absolute Gasteiger partial charge is 0.266 e. The second-order valence-electron chi connectivity index (χ2n) is 10.0. The van der Waals surface area contributed by atoms with Crippen LogP contribution in [0.15, 0.2) is 72.8 Å². The molecule has 1 saturated heterocycles. The summed E-state index contributed by atoms with van der Waals surface area (Å²) in [6, 6.07) is 18.8. The first-order valence-electron chi connectivity index (χ1n) is 13.2. The van der Waals surface area contributed by atoms with Gasteiger partial charge in [0.05, 0.1) is 14.2 Å². The molecular weight excluding hydrogens is 544 g/mol.